The van der Waals surface area contributed by atoms with Crippen LogP contribution >= 0.6 is 34.8 Å². The maximum Gasteiger partial charge on any atom is 0.451 e. The van der Waals surface area contributed by atoms with Crippen LogP contribution in [0.3, 0.4) is 0 Å². The second-order valence-corrected chi connectivity index (χ2v) is 5.80. The van der Waals surface area contributed by atoms with E-state index in [9.17, 15) is 13.2 Å². The summed E-state index contributed by atoms with van der Waals surface area (Å²) in [6, 6.07) is 4.91. The molecular weight excluding hydrogens is 376 g/mol. The summed E-state index contributed by atoms with van der Waals surface area (Å²) in [6.45, 7) is 0.206. The van der Waals surface area contributed by atoms with Crippen LogP contribution in [0.1, 0.15) is 11.4 Å². The van der Waals surface area contributed by atoms with E-state index in [4.69, 9.17) is 34.8 Å². The van der Waals surface area contributed by atoms with E-state index in [0.717, 1.165) is 5.56 Å². The van der Waals surface area contributed by atoms with Gasteiger partial charge in [0.25, 0.3) is 0 Å². The molecule has 4 nitrogen and oxygen atoms in total. The van der Waals surface area contributed by atoms with E-state index in [0.29, 0.717) is 10.0 Å². The molecule has 0 aliphatic heterocycles. The number of halogens is 6. The molecular formula is C13H6Cl3F3N4. The molecule has 2 aromatic heterocycles. The third kappa shape index (κ3) is 3.22. The zero-order valence-corrected chi connectivity index (χ0v) is 13.3. The van der Waals surface area contributed by atoms with Crippen LogP contribution in [0.15, 0.2) is 24.5 Å². The van der Waals surface area contributed by atoms with Crippen molar-refractivity contribution >= 4 is 46.0 Å². The summed E-state index contributed by atoms with van der Waals surface area (Å²) in [4.78, 5) is 10.7. The highest BCUT2D eigenvalue weighted by Crippen LogP contribution is 2.30. The molecule has 0 spiro atoms. The van der Waals surface area contributed by atoms with Gasteiger partial charge in [0, 0.05) is 0 Å². The molecule has 0 atom stereocenters. The molecule has 0 amide bonds. The minimum Gasteiger partial charge on any atom is -0.311 e. The lowest BCUT2D eigenvalue weighted by Crippen LogP contribution is -2.12. The lowest BCUT2D eigenvalue weighted by Gasteiger charge is -2.08. The predicted octanol–water partition coefficient (Wildman–Crippen LogP) is 4.85. The fourth-order valence-electron chi connectivity index (χ4n) is 1.99. The number of hydrogen-bond donors (Lipinski definition) is 0. The highest BCUT2D eigenvalue weighted by atomic mass is 35.5. The first-order valence-corrected chi connectivity index (χ1v) is 7.28. The number of alkyl halides is 3. The molecule has 2 heterocycles. The van der Waals surface area contributed by atoms with Crippen LogP contribution in [0.5, 0.6) is 0 Å². The van der Waals surface area contributed by atoms with Gasteiger partial charge in [-0.25, -0.2) is 15.0 Å². The lowest BCUT2D eigenvalue weighted by atomic mass is 10.2. The minimum absolute atomic E-state index is 0.0107. The Bertz CT molecular complexity index is 892. The SMILES string of the molecule is FC(F)(F)c1nc(Cl)c2ncn(Cc3ccc(Cl)c(Cl)c3)c2n1. The zero-order chi connectivity index (χ0) is 16.8. The summed E-state index contributed by atoms with van der Waals surface area (Å²) in [5, 5.41) is 0.378. The molecule has 0 bridgehead atoms. The Kier molecular flexibility index (Phi) is 4.12. The highest BCUT2D eigenvalue weighted by molar-refractivity contribution is 6.42. The van der Waals surface area contributed by atoms with Crippen LogP contribution in [0.4, 0.5) is 13.2 Å². The van der Waals surface area contributed by atoms with Crippen molar-refractivity contribution in [2.24, 2.45) is 0 Å². The van der Waals surface area contributed by atoms with Crippen molar-refractivity contribution in [1.82, 2.24) is 19.5 Å². The smallest absolute Gasteiger partial charge is 0.311 e. The summed E-state index contributed by atoms with van der Waals surface area (Å²) in [7, 11) is 0. The van der Waals surface area contributed by atoms with E-state index in [2.05, 4.69) is 15.0 Å². The average Bonchev–Trinajstić information content (AvgIpc) is 2.86. The second-order valence-electron chi connectivity index (χ2n) is 4.63. The van der Waals surface area contributed by atoms with Gasteiger partial charge in [-0.3, -0.25) is 0 Å². The standard InChI is InChI=1S/C13H6Cl3F3N4/c14-7-2-1-6(3-8(7)15)4-23-5-20-9-10(16)21-12(13(17,18)19)22-11(9)23/h1-3,5H,4H2. The summed E-state index contributed by atoms with van der Waals surface area (Å²) >= 11 is 17.5. The largest absolute Gasteiger partial charge is 0.451 e. The Morgan fingerprint density at radius 1 is 1.04 bits per heavy atom. The van der Waals surface area contributed by atoms with Gasteiger partial charge in [-0.2, -0.15) is 13.2 Å². The summed E-state index contributed by atoms with van der Waals surface area (Å²) in [5.41, 5.74) is 0.810. The molecule has 0 fully saturated rings. The molecule has 0 N–H and O–H groups in total. The van der Waals surface area contributed by atoms with Gasteiger partial charge in [-0.1, -0.05) is 40.9 Å². The van der Waals surface area contributed by atoms with Gasteiger partial charge >= 0.3 is 6.18 Å². The summed E-state index contributed by atoms with van der Waals surface area (Å²) < 4.78 is 39.9. The van der Waals surface area contributed by atoms with E-state index in [1.165, 1.54) is 10.9 Å². The molecule has 0 aliphatic rings. The first kappa shape index (κ1) is 16.3. The quantitative estimate of drug-likeness (QED) is 0.596. The third-order valence-electron chi connectivity index (χ3n) is 3.01. The first-order chi connectivity index (χ1) is 10.8. The minimum atomic E-state index is -4.70. The van der Waals surface area contributed by atoms with Crippen molar-refractivity contribution in [1.29, 1.82) is 0 Å². The van der Waals surface area contributed by atoms with Crippen LogP contribution in [-0.4, -0.2) is 19.5 Å². The number of imidazole rings is 1. The van der Waals surface area contributed by atoms with Crippen molar-refractivity contribution in [3.05, 3.63) is 51.1 Å². The maximum absolute atomic E-state index is 12.8. The molecule has 1 aromatic carbocycles. The van der Waals surface area contributed by atoms with E-state index in [-0.39, 0.29) is 22.9 Å². The molecule has 120 valence electrons. The summed E-state index contributed by atoms with van der Waals surface area (Å²) in [5.74, 6) is -1.31. The van der Waals surface area contributed by atoms with E-state index >= 15 is 0 Å². The van der Waals surface area contributed by atoms with Gasteiger partial charge < -0.3 is 4.57 Å². The third-order valence-corrected chi connectivity index (χ3v) is 4.01. The first-order valence-electron chi connectivity index (χ1n) is 6.15. The number of rotatable bonds is 2. The number of nitrogens with zero attached hydrogens (tertiary/aromatic N) is 4. The van der Waals surface area contributed by atoms with Crippen molar-refractivity contribution in [2.45, 2.75) is 12.7 Å². The molecule has 0 unspecified atom stereocenters. The topological polar surface area (TPSA) is 43.6 Å². The van der Waals surface area contributed by atoms with Gasteiger partial charge in [-0.15, -0.1) is 0 Å². The van der Waals surface area contributed by atoms with Crippen molar-refractivity contribution in [3.8, 4) is 0 Å². The van der Waals surface area contributed by atoms with Crippen LogP contribution in [0.25, 0.3) is 11.2 Å². The van der Waals surface area contributed by atoms with Crippen molar-refractivity contribution in [2.75, 3.05) is 0 Å². The summed E-state index contributed by atoms with van der Waals surface area (Å²) in [6.07, 6.45) is -3.36. The average molecular weight is 382 g/mol. The van der Waals surface area contributed by atoms with Crippen LogP contribution < -0.4 is 0 Å². The Morgan fingerprint density at radius 2 is 1.78 bits per heavy atom. The van der Waals surface area contributed by atoms with Gasteiger partial charge in [0.2, 0.25) is 5.82 Å². The van der Waals surface area contributed by atoms with Crippen LogP contribution in [0, 0.1) is 0 Å². The Balaban J connectivity index is 2.07. The van der Waals surface area contributed by atoms with Gasteiger partial charge in [0.15, 0.2) is 10.8 Å². The molecule has 3 aromatic rings. The van der Waals surface area contributed by atoms with Gasteiger partial charge in [0.05, 0.1) is 22.9 Å². The van der Waals surface area contributed by atoms with Gasteiger partial charge in [0.1, 0.15) is 5.52 Å². The van der Waals surface area contributed by atoms with E-state index < -0.39 is 12.0 Å². The van der Waals surface area contributed by atoms with Crippen LogP contribution in [0.2, 0.25) is 15.2 Å². The Labute approximate surface area is 142 Å². The Morgan fingerprint density at radius 3 is 2.43 bits per heavy atom. The van der Waals surface area contributed by atoms with Crippen molar-refractivity contribution < 1.29 is 13.2 Å². The molecule has 23 heavy (non-hydrogen) atoms. The highest BCUT2D eigenvalue weighted by Gasteiger charge is 2.36. The molecule has 0 saturated carbocycles. The maximum atomic E-state index is 12.8. The lowest BCUT2D eigenvalue weighted by molar-refractivity contribution is -0.144. The zero-order valence-electron chi connectivity index (χ0n) is 11.1. The second kappa shape index (κ2) is 5.81. The van der Waals surface area contributed by atoms with Crippen LogP contribution in [-0.2, 0) is 12.7 Å². The number of benzene rings is 1. The Hall–Kier alpha value is -1.57. The number of aromatic nitrogens is 4. The monoisotopic (exact) mass is 380 g/mol. The molecule has 0 aliphatic carbocycles. The fourth-order valence-corrected chi connectivity index (χ4v) is 2.52. The number of hydrogen-bond acceptors (Lipinski definition) is 3. The molecule has 10 heteroatoms. The van der Waals surface area contributed by atoms with E-state index in [1.807, 2.05) is 0 Å². The molecule has 0 radical (unpaired) electrons. The van der Waals surface area contributed by atoms with Crippen molar-refractivity contribution in [3.63, 3.8) is 0 Å². The predicted molar refractivity (Wildman–Crippen MR) is 80.9 cm³/mol. The fraction of sp³-hybridized carbons (Fsp3) is 0.154. The number of fused-ring (bicyclic) bond motifs is 1. The molecule has 0 saturated heterocycles. The molecule has 3 rings (SSSR count). The normalized spacial score (nSPS) is 12.1. The van der Waals surface area contributed by atoms with Gasteiger partial charge in [-0.05, 0) is 17.7 Å². The van der Waals surface area contributed by atoms with E-state index in [1.54, 1.807) is 18.2 Å².